The first-order chi connectivity index (χ1) is 20.7. The van der Waals surface area contributed by atoms with Crippen molar-refractivity contribution < 1.29 is 0 Å². The van der Waals surface area contributed by atoms with Gasteiger partial charge in [-0.05, 0) is 84.5 Å². The van der Waals surface area contributed by atoms with E-state index in [0.717, 1.165) is 23.7 Å². The summed E-state index contributed by atoms with van der Waals surface area (Å²) in [7, 11) is 0. The first kappa shape index (κ1) is 39.5. The predicted octanol–water partition coefficient (Wildman–Crippen LogP) is 15.2. The van der Waals surface area contributed by atoms with Crippen molar-refractivity contribution in [1.82, 2.24) is 0 Å². The third-order valence-corrected chi connectivity index (χ3v) is 13.1. The third kappa shape index (κ3) is 20.3. The molecule has 0 nitrogen and oxygen atoms in total. The quantitative estimate of drug-likeness (QED) is 0.0970. The lowest BCUT2D eigenvalue weighted by Gasteiger charge is -2.37. The lowest BCUT2D eigenvalue weighted by Crippen LogP contribution is -2.25. The van der Waals surface area contributed by atoms with Crippen LogP contribution in [0.2, 0.25) is 0 Å². The van der Waals surface area contributed by atoms with Gasteiger partial charge in [-0.3, -0.25) is 0 Å². The molecule has 0 atom stereocenters. The smallest absolute Gasteiger partial charge is 0.00675 e. The summed E-state index contributed by atoms with van der Waals surface area (Å²) < 4.78 is 0. The van der Waals surface area contributed by atoms with Crippen LogP contribution in [0, 0.1) is 34.5 Å². The van der Waals surface area contributed by atoms with Crippen LogP contribution in [0.5, 0.6) is 0 Å². The summed E-state index contributed by atoms with van der Waals surface area (Å²) in [5, 5.41) is 0. The Morgan fingerprint density at radius 2 is 0.605 bits per heavy atom. The average Bonchev–Trinajstić information content (AvgIpc) is 2.97. The van der Waals surface area contributed by atoms with Crippen LogP contribution in [0.4, 0.5) is 0 Å². The van der Waals surface area contributed by atoms with Gasteiger partial charge < -0.3 is 0 Å². The van der Waals surface area contributed by atoms with Gasteiger partial charge in [0.2, 0.25) is 0 Å². The molecule has 1 heteroatoms. The Kier molecular flexibility index (Phi) is 21.7. The van der Waals surface area contributed by atoms with Crippen LogP contribution >= 0.6 is 11.8 Å². The SMILES string of the molecule is CC(C)(C)C1CCC(CCCCCCCCCCCSCCCCCCCCCCCC2CCC(C(C)(C)C)CC2)CC1. The van der Waals surface area contributed by atoms with E-state index in [1.807, 2.05) is 0 Å². The van der Waals surface area contributed by atoms with Crippen LogP contribution in [0.1, 0.15) is 221 Å². The van der Waals surface area contributed by atoms with Gasteiger partial charge in [-0.2, -0.15) is 11.8 Å². The van der Waals surface area contributed by atoms with E-state index in [1.165, 1.54) is 191 Å². The molecule has 2 saturated carbocycles. The monoisotopic (exact) mass is 619 g/mol. The summed E-state index contributed by atoms with van der Waals surface area (Å²) in [6.45, 7) is 14.7. The van der Waals surface area contributed by atoms with Crippen molar-refractivity contribution in [2.24, 2.45) is 34.5 Å². The highest BCUT2D eigenvalue weighted by Crippen LogP contribution is 2.42. The van der Waals surface area contributed by atoms with Crippen molar-refractivity contribution >= 4 is 11.8 Å². The van der Waals surface area contributed by atoms with E-state index in [1.54, 1.807) is 0 Å². The minimum atomic E-state index is 0.536. The Morgan fingerprint density at radius 1 is 0.349 bits per heavy atom. The highest BCUT2D eigenvalue weighted by molar-refractivity contribution is 7.99. The van der Waals surface area contributed by atoms with Crippen molar-refractivity contribution in [2.75, 3.05) is 11.5 Å². The van der Waals surface area contributed by atoms with Gasteiger partial charge in [-0.15, -0.1) is 0 Å². The van der Waals surface area contributed by atoms with E-state index in [-0.39, 0.29) is 0 Å². The van der Waals surface area contributed by atoms with Gasteiger partial charge in [0.25, 0.3) is 0 Å². The van der Waals surface area contributed by atoms with E-state index in [2.05, 4.69) is 53.3 Å². The zero-order chi connectivity index (χ0) is 31.2. The number of unbranched alkanes of at least 4 members (excludes halogenated alkanes) is 16. The summed E-state index contributed by atoms with van der Waals surface area (Å²) in [5.41, 5.74) is 1.07. The second kappa shape index (κ2) is 23.6. The summed E-state index contributed by atoms with van der Waals surface area (Å²) in [4.78, 5) is 0. The zero-order valence-corrected chi connectivity index (χ0v) is 31.7. The second-order valence-electron chi connectivity index (χ2n) is 17.7. The maximum absolute atomic E-state index is 2.45. The van der Waals surface area contributed by atoms with Gasteiger partial charge in [-0.25, -0.2) is 0 Å². The molecule has 0 radical (unpaired) electrons. The first-order valence-electron chi connectivity index (χ1n) is 20.2. The maximum atomic E-state index is 2.45. The van der Waals surface area contributed by atoms with E-state index in [9.17, 15) is 0 Å². The van der Waals surface area contributed by atoms with Crippen LogP contribution < -0.4 is 0 Å². The van der Waals surface area contributed by atoms with Crippen LogP contribution in [0.25, 0.3) is 0 Å². The molecule has 256 valence electrons. The lowest BCUT2D eigenvalue weighted by atomic mass is 9.69. The summed E-state index contributed by atoms with van der Waals surface area (Å²) in [6, 6.07) is 0. The van der Waals surface area contributed by atoms with Gasteiger partial charge in [-0.1, -0.05) is 183 Å². The molecule has 0 saturated heterocycles. The molecule has 0 bridgehead atoms. The molecular formula is C42H82S. The van der Waals surface area contributed by atoms with Crippen molar-refractivity contribution in [3.8, 4) is 0 Å². The van der Waals surface area contributed by atoms with Crippen molar-refractivity contribution in [1.29, 1.82) is 0 Å². The largest absolute Gasteiger partial charge is 0.162 e. The fourth-order valence-corrected chi connectivity index (χ4v) is 9.51. The fraction of sp³-hybridized carbons (Fsp3) is 1.00. The Morgan fingerprint density at radius 3 is 0.884 bits per heavy atom. The highest BCUT2D eigenvalue weighted by atomic mass is 32.2. The predicted molar refractivity (Wildman–Crippen MR) is 199 cm³/mol. The molecule has 0 aromatic carbocycles. The third-order valence-electron chi connectivity index (χ3n) is 11.9. The molecule has 2 rings (SSSR count). The van der Waals surface area contributed by atoms with E-state index in [0.29, 0.717) is 10.8 Å². The summed E-state index contributed by atoms with van der Waals surface area (Å²) in [6.07, 6.45) is 41.8. The number of rotatable bonds is 24. The van der Waals surface area contributed by atoms with E-state index < -0.39 is 0 Å². The van der Waals surface area contributed by atoms with Crippen molar-refractivity contribution in [2.45, 2.75) is 221 Å². The number of thioether (sulfide) groups is 1. The highest BCUT2D eigenvalue weighted by Gasteiger charge is 2.30. The van der Waals surface area contributed by atoms with E-state index in [4.69, 9.17) is 0 Å². The van der Waals surface area contributed by atoms with Crippen LogP contribution in [0.3, 0.4) is 0 Å². The topological polar surface area (TPSA) is 0 Å². The Labute approximate surface area is 278 Å². The molecular weight excluding hydrogens is 537 g/mol. The van der Waals surface area contributed by atoms with Gasteiger partial charge in [0.05, 0.1) is 0 Å². The van der Waals surface area contributed by atoms with Crippen LogP contribution in [-0.2, 0) is 0 Å². The van der Waals surface area contributed by atoms with Gasteiger partial charge in [0.1, 0.15) is 0 Å². The second-order valence-corrected chi connectivity index (χ2v) is 18.9. The lowest BCUT2D eigenvalue weighted by molar-refractivity contribution is 0.145. The molecule has 2 fully saturated rings. The minimum absolute atomic E-state index is 0.536. The summed E-state index contributed by atoms with van der Waals surface area (Å²) >= 11 is 2.23. The van der Waals surface area contributed by atoms with Crippen LogP contribution in [0.15, 0.2) is 0 Å². The van der Waals surface area contributed by atoms with Crippen LogP contribution in [-0.4, -0.2) is 11.5 Å². The average molecular weight is 619 g/mol. The molecule has 0 aliphatic heterocycles. The number of hydrogen-bond donors (Lipinski definition) is 0. The van der Waals surface area contributed by atoms with Crippen molar-refractivity contribution in [3.05, 3.63) is 0 Å². The normalized spacial score (nSPS) is 23.6. The minimum Gasteiger partial charge on any atom is -0.162 e. The Bertz CT molecular complexity index is 554. The van der Waals surface area contributed by atoms with Crippen molar-refractivity contribution in [3.63, 3.8) is 0 Å². The first-order valence-corrected chi connectivity index (χ1v) is 21.4. The molecule has 0 aromatic heterocycles. The molecule has 0 amide bonds. The van der Waals surface area contributed by atoms with Gasteiger partial charge >= 0.3 is 0 Å². The maximum Gasteiger partial charge on any atom is -0.00675 e. The Hall–Kier alpha value is 0.350. The molecule has 0 spiro atoms. The van der Waals surface area contributed by atoms with E-state index >= 15 is 0 Å². The molecule has 0 N–H and O–H groups in total. The number of hydrogen-bond acceptors (Lipinski definition) is 1. The summed E-state index contributed by atoms with van der Waals surface area (Å²) in [5.74, 6) is 6.89. The fourth-order valence-electron chi connectivity index (χ4n) is 8.49. The standard InChI is InChI=1S/C42H82S/c1-41(2,3)39-31-27-37(28-32-39)25-21-17-13-9-7-11-15-19-23-35-43-36-24-20-16-12-8-10-14-18-22-26-38-29-33-40(34-30-38)42(4,5)6/h37-40H,7-36H2,1-6H3. The molecule has 0 heterocycles. The molecule has 43 heavy (non-hydrogen) atoms. The molecule has 2 aliphatic rings. The van der Waals surface area contributed by atoms with Gasteiger partial charge in [0.15, 0.2) is 0 Å². The molecule has 0 unspecified atom stereocenters. The zero-order valence-electron chi connectivity index (χ0n) is 30.9. The molecule has 2 aliphatic carbocycles. The molecule has 0 aromatic rings. The van der Waals surface area contributed by atoms with Gasteiger partial charge in [0, 0.05) is 0 Å². The Balaban J connectivity index is 1.20.